The van der Waals surface area contributed by atoms with Gasteiger partial charge in [-0.05, 0) is 68.5 Å². The highest BCUT2D eigenvalue weighted by Gasteiger charge is 2.12. The van der Waals surface area contributed by atoms with Gasteiger partial charge < -0.3 is 10.6 Å². The largest absolute Gasteiger partial charge is 0.311 e. The Labute approximate surface area is 163 Å². The number of carbonyl (C=O) groups excluding carboxylic acids is 2. The van der Waals surface area contributed by atoms with E-state index in [1.54, 1.807) is 24.5 Å². The van der Waals surface area contributed by atoms with Gasteiger partial charge in [-0.15, -0.1) is 0 Å². The van der Waals surface area contributed by atoms with Crippen molar-refractivity contribution >= 4 is 55.3 Å². The zero-order chi connectivity index (χ0) is 18.2. The van der Waals surface area contributed by atoms with E-state index in [1.807, 2.05) is 19.1 Å². The maximum Gasteiger partial charge on any atom is 0.225 e. The summed E-state index contributed by atoms with van der Waals surface area (Å²) >= 11 is 6.58. The van der Waals surface area contributed by atoms with Gasteiger partial charge in [0.1, 0.15) is 11.6 Å². The van der Waals surface area contributed by atoms with Crippen LogP contribution in [0.15, 0.2) is 45.6 Å². The quantitative estimate of drug-likeness (QED) is 0.629. The summed E-state index contributed by atoms with van der Waals surface area (Å²) in [6.07, 6.45) is 4.53. The summed E-state index contributed by atoms with van der Waals surface area (Å²) < 4.78 is 1.70. The molecule has 0 aliphatic rings. The normalized spacial score (nSPS) is 11.6. The Bertz CT molecular complexity index is 720. The number of carbonyl (C=O) groups is 2. The van der Waals surface area contributed by atoms with Crippen LogP contribution in [0.5, 0.6) is 0 Å². The summed E-state index contributed by atoms with van der Waals surface area (Å²) in [5, 5.41) is 5.48. The van der Waals surface area contributed by atoms with E-state index in [0.717, 1.165) is 8.95 Å². The Morgan fingerprint density at radius 1 is 0.960 bits per heavy atom. The first-order chi connectivity index (χ1) is 11.9. The molecular formula is C17H18Br2N4O2. The average molecular weight is 470 g/mol. The highest BCUT2D eigenvalue weighted by atomic mass is 79.9. The van der Waals surface area contributed by atoms with E-state index < -0.39 is 0 Å². The predicted molar refractivity (Wildman–Crippen MR) is 104 cm³/mol. The van der Waals surface area contributed by atoms with E-state index in [4.69, 9.17) is 0 Å². The second-order valence-electron chi connectivity index (χ2n) is 5.67. The van der Waals surface area contributed by atoms with Gasteiger partial charge in [0.2, 0.25) is 11.8 Å². The van der Waals surface area contributed by atoms with Crippen molar-refractivity contribution in [1.29, 1.82) is 0 Å². The lowest BCUT2D eigenvalue weighted by Crippen LogP contribution is -2.18. The van der Waals surface area contributed by atoms with Gasteiger partial charge in [0.25, 0.3) is 0 Å². The van der Waals surface area contributed by atoms with Crippen LogP contribution >= 0.6 is 31.9 Å². The number of halogens is 2. The third-order valence-electron chi connectivity index (χ3n) is 3.39. The molecule has 2 amide bonds. The van der Waals surface area contributed by atoms with Crippen LogP contribution in [0.1, 0.15) is 26.2 Å². The maximum atomic E-state index is 12.0. The molecule has 2 rings (SSSR count). The molecule has 6 nitrogen and oxygen atoms in total. The molecule has 0 radical (unpaired) electrons. The summed E-state index contributed by atoms with van der Waals surface area (Å²) in [6, 6.07) is 7.08. The van der Waals surface area contributed by atoms with Crippen LogP contribution in [0.4, 0.5) is 11.6 Å². The summed E-state index contributed by atoms with van der Waals surface area (Å²) in [6.45, 7) is 1.94. The summed E-state index contributed by atoms with van der Waals surface area (Å²) in [4.78, 5) is 32.1. The Hall–Kier alpha value is -1.80. The topological polar surface area (TPSA) is 84.0 Å². The molecule has 0 bridgehead atoms. The number of aromatic nitrogens is 2. The Morgan fingerprint density at radius 3 is 1.96 bits per heavy atom. The fourth-order valence-electron chi connectivity index (χ4n) is 2.09. The molecule has 0 fully saturated rings. The van der Waals surface area contributed by atoms with Crippen molar-refractivity contribution in [3.05, 3.63) is 45.6 Å². The molecule has 132 valence electrons. The van der Waals surface area contributed by atoms with Gasteiger partial charge >= 0.3 is 0 Å². The van der Waals surface area contributed by atoms with Crippen LogP contribution < -0.4 is 10.6 Å². The lowest BCUT2D eigenvalue weighted by Gasteiger charge is -2.11. The molecule has 2 aromatic rings. The number of nitrogens with one attached hydrogen (secondary N) is 2. The minimum absolute atomic E-state index is 0.0825. The predicted octanol–water partition coefficient (Wildman–Crippen LogP) is 4.39. The number of hydrogen-bond donors (Lipinski definition) is 2. The smallest absolute Gasteiger partial charge is 0.225 e. The molecule has 8 heteroatoms. The Morgan fingerprint density at radius 2 is 1.48 bits per heavy atom. The van der Waals surface area contributed by atoms with Crippen molar-refractivity contribution in [3.63, 3.8) is 0 Å². The third kappa shape index (κ3) is 7.31. The van der Waals surface area contributed by atoms with Gasteiger partial charge in [-0.2, -0.15) is 0 Å². The number of amides is 2. The average Bonchev–Trinajstić information content (AvgIpc) is 2.57. The van der Waals surface area contributed by atoms with Crippen molar-refractivity contribution in [1.82, 2.24) is 9.97 Å². The minimum Gasteiger partial charge on any atom is -0.311 e. The highest BCUT2D eigenvalue weighted by molar-refractivity contribution is 9.10. The first-order valence-corrected chi connectivity index (χ1v) is 9.34. The summed E-state index contributed by atoms with van der Waals surface area (Å²) in [5.41, 5.74) is 0. The molecule has 25 heavy (non-hydrogen) atoms. The lowest BCUT2D eigenvalue weighted by atomic mass is 10.0. The molecule has 2 heterocycles. The van der Waals surface area contributed by atoms with Gasteiger partial charge in [0.15, 0.2) is 0 Å². The van der Waals surface area contributed by atoms with Crippen molar-refractivity contribution in [2.24, 2.45) is 5.92 Å². The molecule has 0 aromatic carbocycles. The second-order valence-corrected chi connectivity index (χ2v) is 7.50. The number of hydrogen-bond acceptors (Lipinski definition) is 4. The fourth-order valence-corrected chi connectivity index (χ4v) is 2.56. The van der Waals surface area contributed by atoms with Crippen LogP contribution in [0.25, 0.3) is 0 Å². The second kappa shape index (κ2) is 9.62. The lowest BCUT2D eigenvalue weighted by molar-refractivity contribution is -0.118. The van der Waals surface area contributed by atoms with E-state index in [0.29, 0.717) is 30.9 Å². The van der Waals surface area contributed by atoms with Crippen LogP contribution in [0.2, 0.25) is 0 Å². The molecule has 2 N–H and O–H groups in total. The van der Waals surface area contributed by atoms with Gasteiger partial charge in [-0.25, -0.2) is 9.97 Å². The van der Waals surface area contributed by atoms with Crippen LogP contribution in [-0.2, 0) is 9.59 Å². The number of nitrogens with zero attached hydrogens (tertiary/aromatic N) is 2. The van der Waals surface area contributed by atoms with Crippen molar-refractivity contribution < 1.29 is 9.59 Å². The van der Waals surface area contributed by atoms with Crippen molar-refractivity contribution in [2.75, 3.05) is 10.6 Å². The Kier molecular flexibility index (Phi) is 7.52. The monoisotopic (exact) mass is 468 g/mol. The Balaban J connectivity index is 1.71. The SMILES string of the molecule is CC(CCC(=O)Nc1ccc(Br)cn1)CC(=O)Nc1ccc(Br)cn1. The van der Waals surface area contributed by atoms with Crippen LogP contribution in [0, 0.1) is 5.92 Å². The molecule has 1 atom stereocenters. The van der Waals surface area contributed by atoms with E-state index in [9.17, 15) is 9.59 Å². The van der Waals surface area contributed by atoms with Crippen molar-refractivity contribution in [2.45, 2.75) is 26.2 Å². The molecule has 0 saturated heterocycles. The van der Waals surface area contributed by atoms with Gasteiger partial charge in [0, 0.05) is 34.2 Å². The van der Waals surface area contributed by atoms with Gasteiger partial charge in [-0.1, -0.05) is 6.92 Å². The fraction of sp³-hybridized carbons (Fsp3) is 0.294. The molecule has 0 saturated carbocycles. The van der Waals surface area contributed by atoms with E-state index in [2.05, 4.69) is 52.5 Å². The number of anilines is 2. The highest BCUT2D eigenvalue weighted by Crippen LogP contribution is 2.15. The first kappa shape index (κ1) is 19.5. The maximum absolute atomic E-state index is 12.0. The third-order valence-corrected chi connectivity index (χ3v) is 4.33. The van der Waals surface area contributed by atoms with E-state index in [-0.39, 0.29) is 17.7 Å². The standard InChI is InChI=1S/C17H18Br2N4O2/c1-11(8-17(25)23-15-6-4-13(19)10-21-15)2-7-16(24)22-14-5-3-12(18)9-20-14/h3-6,9-11H,2,7-8H2,1H3,(H,20,22,24)(H,21,23,25). The van der Waals surface area contributed by atoms with Gasteiger partial charge in [0.05, 0.1) is 0 Å². The molecule has 0 aliphatic heterocycles. The zero-order valence-electron chi connectivity index (χ0n) is 13.6. The molecule has 0 aliphatic carbocycles. The summed E-state index contributed by atoms with van der Waals surface area (Å²) in [7, 11) is 0. The summed E-state index contributed by atoms with van der Waals surface area (Å²) in [5.74, 6) is 0.882. The first-order valence-electron chi connectivity index (χ1n) is 7.75. The van der Waals surface area contributed by atoms with Crippen LogP contribution in [0.3, 0.4) is 0 Å². The van der Waals surface area contributed by atoms with E-state index in [1.165, 1.54) is 0 Å². The minimum atomic E-state index is -0.114. The van der Waals surface area contributed by atoms with Crippen LogP contribution in [-0.4, -0.2) is 21.8 Å². The molecule has 1 unspecified atom stereocenters. The molecule has 2 aromatic heterocycles. The molecular weight excluding hydrogens is 452 g/mol. The number of rotatable bonds is 7. The number of pyridine rings is 2. The molecule has 0 spiro atoms. The van der Waals surface area contributed by atoms with Gasteiger partial charge in [-0.3, -0.25) is 9.59 Å². The zero-order valence-corrected chi connectivity index (χ0v) is 16.8. The van der Waals surface area contributed by atoms with Crippen molar-refractivity contribution in [3.8, 4) is 0 Å². The van der Waals surface area contributed by atoms with E-state index >= 15 is 0 Å².